The number of aromatic nitrogens is 2. The van der Waals surface area contributed by atoms with Crippen molar-refractivity contribution in [3.8, 4) is 22.9 Å². The van der Waals surface area contributed by atoms with Crippen LogP contribution < -0.4 is 25.2 Å². The Morgan fingerprint density at radius 3 is 2.38 bits per heavy atom. The number of hydrogen-bond acceptors (Lipinski definition) is 8. The van der Waals surface area contributed by atoms with Crippen LogP contribution in [-0.2, 0) is 4.79 Å². The number of para-hydroxylation sites is 1. The van der Waals surface area contributed by atoms with Gasteiger partial charge in [-0.1, -0.05) is 39.8 Å². The molecule has 0 unspecified atom stereocenters. The van der Waals surface area contributed by atoms with Crippen LogP contribution in [0.2, 0.25) is 0 Å². The third-order valence-electron chi connectivity index (χ3n) is 5.25. The minimum Gasteiger partial charge on any atom is -0.493 e. The molecule has 1 heterocycles. The van der Waals surface area contributed by atoms with E-state index in [9.17, 15) is 9.59 Å². The van der Waals surface area contributed by atoms with Crippen molar-refractivity contribution < 1.29 is 19.0 Å². The number of nitrogens with zero attached hydrogens (tertiary/aromatic N) is 3. The van der Waals surface area contributed by atoms with E-state index in [0.717, 1.165) is 16.2 Å². The normalized spacial score (nSPS) is 11.0. The Morgan fingerprint density at radius 1 is 1.05 bits per heavy atom. The standard InChI is InChI=1S/C26H23BrN4O5S/c1-34-21-12-16(13-22(35-2)24(21)36-3)14-28-30-23(32)15-37-26-29-20-7-5-4-6-19(20)25(33)31(26)18-10-8-17(27)9-11-18/h4-14H,15H2,1-3H3,(H,30,32)/b28-14+. The van der Waals surface area contributed by atoms with Crippen molar-refractivity contribution in [3.05, 3.63) is 81.1 Å². The van der Waals surface area contributed by atoms with Crippen molar-refractivity contribution in [2.75, 3.05) is 27.1 Å². The third kappa shape index (κ3) is 5.95. The summed E-state index contributed by atoms with van der Waals surface area (Å²) >= 11 is 4.56. The van der Waals surface area contributed by atoms with Gasteiger partial charge in [-0.25, -0.2) is 10.4 Å². The van der Waals surface area contributed by atoms with Crippen LogP contribution in [0.1, 0.15) is 5.56 Å². The van der Waals surface area contributed by atoms with Crippen LogP contribution in [0.15, 0.2) is 80.2 Å². The fourth-order valence-corrected chi connectivity index (χ4v) is 4.61. The summed E-state index contributed by atoms with van der Waals surface area (Å²) in [5, 5.41) is 4.93. The van der Waals surface area contributed by atoms with Crippen LogP contribution in [0.25, 0.3) is 16.6 Å². The predicted molar refractivity (Wildman–Crippen MR) is 148 cm³/mol. The van der Waals surface area contributed by atoms with Gasteiger partial charge >= 0.3 is 0 Å². The molecule has 0 bridgehead atoms. The predicted octanol–water partition coefficient (Wildman–Crippen LogP) is 4.42. The van der Waals surface area contributed by atoms with Crippen molar-refractivity contribution in [2.45, 2.75) is 5.16 Å². The van der Waals surface area contributed by atoms with Crippen LogP contribution in [0.3, 0.4) is 0 Å². The van der Waals surface area contributed by atoms with Crippen molar-refractivity contribution in [3.63, 3.8) is 0 Å². The lowest BCUT2D eigenvalue weighted by molar-refractivity contribution is -0.118. The summed E-state index contributed by atoms with van der Waals surface area (Å²) < 4.78 is 18.4. The Labute approximate surface area is 225 Å². The number of nitrogens with one attached hydrogen (secondary N) is 1. The van der Waals surface area contributed by atoms with Crippen molar-refractivity contribution in [1.82, 2.24) is 15.0 Å². The molecule has 0 aliphatic heterocycles. The second-order valence-electron chi connectivity index (χ2n) is 7.57. The summed E-state index contributed by atoms with van der Waals surface area (Å²) in [6, 6.07) is 17.9. The molecule has 0 saturated heterocycles. The Balaban J connectivity index is 1.53. The van der Waals surface area contributed by atoms with Crippen LogP contribution in [0, 0.1) is 0 Å². The number of amides is 1. The largest absolute Gasteiger partial charge is 0.493 e. The van der Waals surface area contributed by atoms with E-state index in [1.165, 1.54) is 32.1 Å². The Hall–Kier alpha value is -3.83. The van der Waals surface area contributed by atoms with Gasteiger partial charge in [-0.05, 0) is 48.5 Å². The lowest BCUT2D eigenvalue weighted by Gasteiger charge is -2.13. The quantitative estimate of drug-likeness (QED) is 0.135. The number of halogens is 1. The first-order valence-corrected chi connectivity index (χ1v) is 12.8. The third-order valence-corrected chi connectivity index (χ3v) is 6.72. The zero-order chi connectivity index (χ0) is 26.4. The van der Waals surface area contributed by atoms with Gasteiger partial charge < -0.3 is 14.2 Å². The maximum absolute atomic E-state index is 13.3. The second-order valence-corrected chi connectivity index (χ2v) is 9.43. The number of thioether (sulfide) groups is 1. The summed E-state index contributed by atoms with van der Waals surface area (Å²) in [4.78, 5) is 30.5. The average Bonchev–Trinajstić information content (AvgIpc) is 2.92. The van der Waals surface area contributed by atoms with Gasteiger partial charge in [-0.15, -0.1) is 0 Å². The molecule has 0 spiro atoms. The first kappa shape index (κ1) is 26.2. The smallest absolute Gasteiger partial charge is 0.266 e. The number of benzene rings is 3. The molecule has 1 N–H and O–H groups in total. The minimum atomic E-state index is -0.363. The highest BCUT2D eigenvalue weighted by Gasteiger charge is 2.15. The highest BCUT2D eigenvalue weighted by Crippen LogP contribution is 2.37. The van der Waals surface area contributed by atoms with E-state index in [0.29, 0.717) is 44.6 Å². The van der Waals surface area contributed by atoms with E-state index in [1.807, 2.05) is 30.3 Å². The first-order valence-electron chi connectivity index (χ1n) is 11.0. The molecule has 0 atom stereocenters. The van der Waals surface area contributed by atoms with E-state index in [2.05, 4.69) is 31.4 Å². The molecule has 190 valence electrons. The van der Waals surface area contributed by atoms with E-state index in [-0.39, 0.29) is 17.2 Å². The lowest BCUT2D eigenvalue weighted by Crippen LogP contribution is -2.24. The summed E-state index contributed by atoms with van der Waals surface area (Å²) in [7, 11) is 4.56. The van der Waals surface area contributed by atoms with Crippen LogP contribution >= 0.6 is 27.7 Å². The maximum atomic E-state index is 13.3. The molecule has 4 rings (SSSR count). The lowest BCUT2D eigenvalue weighted by atomic mass is 10.2. The SMILES string of the molecule is COc1cc(/C=N/NC(=O)CSc2nc3ccccc3c(=O)n2-c2ccc(Br)cc2)cc(OC)c1OC. The molecule has 0 saturated carbocycles. The number of methoxy groups -OCH3 is 3. The van der Waals surface area contributed by atoms with Crippen molar-refractivity contribution in [1.29, 1.82) is 0 Å². The first-order chi connectivity index (χ1) is 17.9. The number of hydrogen-bond donors (Lipinski definition) is 1. The summed E-state index contributed by atoms with van der Waals surface area (Å²) in [6.07, 6.45) is 1.47. The van der Waals surface area contributed by atoms with Gasteiger partial charge in [-0.3, -0.25) is 14.2 Å². The highest BCUT2D eigenvalue weighted by atomic mass is 79.9. The molecule has 0 radical (unpaired) electrons. The molecule has 0 aliphatic carbocycles. The van der Waals surface area contributed by atoms with Gasteiger partial charge in [-0.2, -0.15) is 5.10 Å². The molecule has 37 heavy (non-hydrogen) atoms. The molecule has 0 aliphatic rings. The topological polar surface area (TPSA) is 104 Å². The van der Waals surface area contributed by atoms with Crippen LogP contribution in [-0.4, -0.2) is 48.8 Å². The number of ether oxygens (including phenoxy) is 3. The fraction of sp³-hybridized carbons (Fsp3) is 0.154. The van der Waals surface area contributed by atoms with Gasteiger partial charge in [0.1, 0.15) is 0 Å². The molecule has 9 nitrogen and oxygen atoms in total. The van der Waals surface area contributed by atoms with E-state index < -0.39 is 0 Å². The van der Waals surface area contributed by atoms with Gasteiger partial charge in [0.25, 0.3) is 11.5 Å². The van der Waals surface area contributed by atoms with Crippen LogP contribution in [0.5, 0.6) is 17.2 Å². The van der Waals surface area contributed by atoms with Gasteiger partial charge in [0, 0.05) is 10.0 Å². The van der Waals surface area contributed by atoms with Crippen LogP contribution in [0.4, 0.5) is 0 Å². The fourth-order valence-electron chi connectivity index (χ4n) is 3.54. The number of carbonyl (C=O) groups is 1. The van der Waals surface area contributed by atoms with E-state index in [1.54, 1.807) is 30.3 Å². The number of rotatable bonds is 9. The Bertz CT molecular complexity index is 1500. The number of fused-ring (bicyclic) bond motifs is 1. The molecule has 3 aromatic carbocycles. The van der Waals surface area contributed by atoms with E-state index in [4.69, 9.17) is 14.2 Å². The minimum absolute atomic E-state index is 0.00605. The van der Waals surface area contributed by atoms with Crippen molar-refractivity contribution >= 4 is 50.7 Å². The highest BCUT2D eigenvalue weighted by molar-refractivity contribution is 9.10. The zero-order valence-corrected chi connectivity index (χ0v) is 22.6. The molecular weight excluding hydrogens is 560 g/mol. The molecule has 1 aromatic heterocycles. The molecule has 11 heteroatoms. The number of hydrazone groups is 1. The van der Waals surface area contributed by atoms with Gasteiger partial charge in [0.15, 0.2) is 16.7 Å². The monoisotopic (exact) mass is 582 g/mol. The Morgan fingerprint density at radius 2 is 1.73 bits per heavy atom. The molecular formula is C26H23BrN4O5S. The van der Waals surface area contributed by atoms with Crippen molar-refractivity contribution in [2.24, 2.45) is 5.10 Å². The maximum Gasteiger partial charge on any atom is 0.266 e. The molecule has 1 amide bonds. The molecule has 0 fully saturated rings. The molecule has 4 aromatic rings. The van der Waals surface area contributed by atoms with E-state index >= 15 is 0 Å². The Kier molecular flexibility index (Phi) is 8.47. The van der Waals surface area contributed by atoms with Gasteiger partial charge in [0.05, 0.1) is 49.9 Å². The summed E-state index contributed by atoms with van der Waals surface area (Å²) in [5.41, 5.74) is 4.14. The zero-order valence-electron chi connectivity index (χ0n) is 20.2. The number of carbonyl (C=O) groups excluding carboxylic acids is 1. The summed E-state index contributed by atoms with van der Waals surface area (Å²) in [5.74, 6) is 1.03. The second kappa shape index (κ2) is 11.9. The summed E-state index contributed by atoms with van der Waals surface area (Å²) in [6.45, 7) is 0. The average molecular weight is 583 g/mol. The van der Waals surface area contributed by atoms with Gasteiger partial charge in [0.2, 0.25) is 5.75 Å².